The van der Waals surface area contributed by atoms with E-state index in [2.05, 4.69) is 31.2 Å². The maximum atomic E-state index is 12.6. The summed E-state index contributed by atoms with van der Waals surface area (Å²) in [6.45, 7) is 4.86. The van der Waals surface area contributed by atoms with Crippen LogP contribution in [-0.4, -0.2) is 19.0 Å². The van der Waals surface area contributed by atoms with Crippen molar-refractivity contribution >= 4 is 5.78 Å². The Morgan fingerprint density at radius 1 is 1.00 bits per heavy atom. The van der Waals surface area contributed by atoms with Crippen LogP contribution in [0.15, 0.2) is 48.5 Å². The van der Waals surface area contributed by atoms with Gasteiger partial charge in [-0.2, -0.15) is 0 Å². The number of fused-ring (bicyclic) bond motifs is 3. The minimum atomic E-state index is -0.650. The summed E-state index contributed by atoms with van der Waals surface area (Å²) in [5.74, 6) is 0.149. The molecule has 2 nitrogen and oxygen atoms in total. The summed E-state index contributed by atoms with van der Waals surface area (Å²) < 4.78 is 5.82. The van der Waals surface area contributed by atoms with Crippen LogP contribution in [0.2, 0.25) is 0 Å². The van der Waals surface area contributed by atoms with Gasteiger partial charge in [0, 0.05) is 6.61 Å². The Kier molecular flexibility index (Phi) is 3.64. The minimum Gasteiger partial charge on any atom is -0.380 e. The van der Waals surface area contributed by atoms with Crippen LogP contribution in [0, 0.1) is 0 Å². The number of hydrogen-bond donors (Lipinski definition) is 0. The van der Waals surface area contributed by atoms with Gasteiger partial charge in [-0.15, -0.1) is 0 Å². The van der Waals surface area contributed by atoms with Crippen LogP contribution in [0.3, 0.4) is 0 Å². The highest BCUT2D eigenvalue weighted by molar-refractivity contribution is 6.00. The van der Waals surface area contributed by atoms with E-state index in [1.807, 2.05) is 24.3 Å². The molecule has 0 radical (unpaired) electrons. The van der Waals surface area contributed by atoms with E-state index in [0.29, 0.717) is 13.2 Å². The van der Waals surface area contributed by atoms with Crippen molar-refractivity contribution in [2.75, 3.05) is 13.2 Å². The second kappa shape index (κ2) is 5.45. The average Bonchev–Trinajstić information content (AvgIpc) is 2.80. The summed E-state index contributed by atoms with van der Waals surface area (Å²) in [6.07, 6.45) is 0.956. The van der Waals surface area contributed by atoms with Gasteiger partial charge < -0.3 is 4.74 Å². The van der Waals surface area contributed by atoms with Crippen molar-refractivity contribution in [2.24, 2.45) is 0 Å². The Balaban J connectivity index is 2.20. The third kappa shape index (κ3) is 2.02. The van der Waals surface area contributed by atoms with Crippen LogP contribution in [-0.2, 0) is 14.9 Å². The largest absolute Gasteiger partial charge is 0.380 e. The molecule has 0 fully saturated rings. The molecule has 2 heteroatoms. The van der Waals surface area contributed by atoms with E-state index in [-0.39, 0.29) is 5.78 Å². The number of hydrogen-bond acceptors (Lipinski definition) is 2. The molecular weight excluding hydrogens is 260 g/mol. The van der Waals surface area contributed by atoms with Gasteiger partial charge in [-0.05, 0) is 35.6 Å². The van der Waals surface area contributed by atoms with Gasteiger partial charge in [0.05, 0.1) is 6.61 Å². The number of benzene rings is 2. The van der Waals surface area contributed by atoms with Crippen molar-refractivity contribution < 1.29 is 9.53 Å². The normalized spacial score (nSPS) is 14.6. The number of Topliss-reactive ketones (excluding diaryl/α,β-unsaturated/α-hetero) is 1. The number of ketones is 1. The molecule has 2 aromatic carbocycles. The number of carbonyl (C=O) groups excluding carboxylic acids is 1. The average molecular weight is 280 g/mol. The van der Waals surface area contributed by atoms with Gasteiger partial charge in [-0.3, -0.25) is 4.79 Å². The van der Waals surface area contributed by atoms with E-state index < -0.39 is 5.41 Å². The third-order valence-electron chi connectivity index (χ3n) is 4.33. The second-order valence-electron chi connectivity index (χ2n) is 5.61. The van der Waals surface area contributed by atoms with Gasteiger partial charge in [-0.25, -0.2) is 0 Å². The molecular formula is C19H20O2. The zero-order valence-corrected chi connectivity index (χ0v) is 12.6. The summed E-state index contributed by atoms with van der Waals surface area (Å²) in [7, 11) is 0. The minimum absolute atomic E-state index is 0.149. The highest BCUT2D eigenvalue weighted by atomic mass is 16.5. The number of rotatable bonds is 5. The molecule has 0 amide bonds. The van der Waals surface area contributed by atoms with Crippen LogP contribution in [0.1, 0.15) is 31.4 Å². The number of carbonyl (C=O) groups is 1. The van der Waals surface area contributed by atoms with Gasteiger partial charge in [0.25, 0.3) is 0 Å². The fourth-order valence-electron chi connectivity index (χ4n) is 3.33. The molecule has 21 heavy (non-hydrogen) atoms. The monoisotopic (exact) mass is 280 g/mol. The van der Waals surface area contributed by atoms with Crippen LogP contribution in [0.4, 0.5) is 0 Å². The Bertz CT molecular complexity index is 627. The molecule has 2 aromatic rings. The zero-order valence-electron chi connectivity index (χ0n) is 12.6. The molecule has 0 unspecified atom stereocenters. The van der Waals surface area contributed by atoms with E-state index >= 15 is 0 Å². The van der Waals surface area contributed by atoms with Gasteiger partial charge in [0.1, 0.15) is 11.2 Å². The fraction of sp³-hybridized carbons (Fsp3) is 0.316. The summed E-state index contributed by atoms with van der Waals surface area (Å²) in [6, 6.07) is 16.4. The maximum absolute atomic E-state index is 12.6. The molecule has 0 saturated carbocycles. The number of ether oxygens (including phenoxy) is 1. The first-order chi connectivity index (χ1) is 10.2. The Labute approximate surface area is 125 Å². The van der Waals surface area contributed by atoms with E-state index in [0.717, 1.165) is 28.7 Å². The first kappa shape index (κ1) is 14.0. The van der Waals surface area contributed by atoms with Crippen molar-refractivity contribution in [2.45, 2.75) is 25.7 Å². The lowest BCUT2D eigenvalue weighted by atomic mass is 9.75. The molecule has 0 atom stereocenters. The molecule has 1 aliphatic carbocycles. The van der Waals surface area contributed by atoms with Crippen LogP contribution in [0.25, 0.3) is 11.1 Å². The molecule has 3 rings (SSSR count). The molecule has 0 aromatic heterocycles. The van der Waals surface area contributed by atoms with Crippen molar-refractivity contribution in [1.82, 2.24) is 0 Å². The molecule has 0 bridgehead atoms. The van der Waals surface area contributed by atoms with Gasteiger partial charge in [0.2, 0.25) is 0 Å². The molecule has 108 valence electrons. The van der Waals surface area contributed by atoms with Gasteiger partial charge in [0.15, 0.2) is 0 Å². The molecule has 0 aliphatic heterocycles. The van der Waals surface area contributed by atoms with Crippen molar-refractivity contribution in [1.29, 1.82) is 0 Å². The standard InChI is InChI=1S/C19H20O2/c1-3-12-21-13-19(14(2)20)17-10-6-4-8-15(17)16-9-5-7-11-18(16)19/h4-11H,3,12-13H2,1-2H3. The molecule has 0 N–H and O–H groups in total. The SMILES string of the molecule is CCCOCC1(C(C)=O)c2ccccc2-c2ccccc21. The van der Waals surface area contributed by atoms with E-state index in [1.165, 1.54) is 0 Å². The molecule has 0 heterocycles. The van der Waals surface area contributed by atoms with Gasteiger partial charge in [-0.1, -0.05) is 55.5 Å². The van der Waals surface area contributed by atoms with Crippen molar-refractivity contribution in [3.63, 3.8) is 0 Å². The smallest absolute Gasteiger partial charge is 0.147 e. The Morgan fingerprint density at radius 2 is 1.52 bits per heavy atom. The lowest BCUT2D eigenvalue weighted by Gasteiger charge is -2.29. The maximum Gasteiger partial charge on any atom is 0.147 e. The molecule has 0 saturated heterocycles. The predicted octanol–water partition coefficient (Wildman–Crippen LogP) is 3.97. The van der Waals surface area contributed by atoms with Crippen LogP contribution >= 0.6 is 0 Å². The highest BCUT2D eigenvalue weighted by Crippen LogP contribution is 2.49. The summed E-state index contributed by atoms with van der Waals surface area (Å²) in [5.41, 5.74) is 3.82. The lowest BCUT2D eigenvalue weighted by Crippen LogP contribution is -2.38. The van der Waals surface area contributed by atoms with Crippen LogP contribution < -0.4 is 0 Å². The summed E-state index contributed by atoms with van der Waals surface area (Å²) in [5, 5.41) is 0. The Hall–Kier alpha value is -1.93. The molecule has 0 spiro atoms. The van der Waals surface area contributed by atoms with Gasteiger partial charge >= 0.3 is 0 Å². The predicted molar refractivity (Wildman–Crippen MR) is 84.4 cm³/mol. The van der Waals surface area contributed by atoms with E-state index in [4.69, 9.17) is 4.74 Å². The van der Waals surface area contributed by atoms with Crippen LogP contribution in [0.5, 0.6) is 0 Å². The lowest BCUT2D eigenvalue weighted by molar-refractivity contribution is -0.123. The first-order valence-electron chi connectivity index (χ1n) is 7.50. The first-order valence-corrected chi connectivity index (χ1v) is 7.50. The zero-order chi connectivity index (χ0) is 14.9. The van der Waals surface area contributed by atoms with Crippen molar-refractivity contribution in [3.8, 4) is 11.1 Å². The highest BCUT2D eigenvalue weighted by Gasteiger charge is 2.47. The second-order valence-corrected chi connectivity index (χ2v) is 5.61. The van der Waals surface area contributed by atoms with Crippen molar-refractivity contribution in [3.05, 3.63) is 59.7 Å². The third-order valence-corrected chi connectivity index (χ3v) is 4.33. The quantitative estimate of drug-likeness (QED) is 0.775. The Morgan fingerprint density at radius 3 is 2.00 bits per heavy atom. The summed E-state index contributed by atoms with van der Waals surface area (Å²) in [4.78, 5) is 12.6. The topological polar surface area (TPSA) is 26.3 Å². The van der Waals surface area contributed by atoms with E-state index in [9.17, 15) is 4.79 Å². The fourth-order valence-corrected chi connectivity index (χ4v) is 3.33. The summed E-state index contributed by atoms with van der Waals surface area (Å²) >= 11 is 0. The molecule has 1 aliphatic rings. The van der Waals surface area contributed by atoms with E-state index in [1.54, 1.807) is 6.92 Å².